The Balaban J connectivity index is 2.32. The Bertz CT molecular complexity index is 409. The van der Waals surface area contributed by atoms with E-state index in [-0.39, 0.29) is 6.04 Å². The second kappa shape index (κ2) is 4.39. The van der Waals surface area contributed by atoms with E-state index >= 15 is 0 Å². The third kappa shape index (κ3) is 2.25. The molecule has 0 spiro atoms. The molecule has 0 amide bonds. The minimum absolute atomic E-state index is 0.167. The normalized spacial score (nSPS) is 13.0. The van der Waals surface area contributed by atoms with E-state index < -0.39 is 0 Å². The molecule has 2 nitrogen and oxygen atoms in total. The Morgan fingerprint density at radius 1 is 1.47 bits per heavy atom. The molecule has 0 aliphatic heterocycles. The van der Waals surface area contributed by atoms with Crippen LogP contribution in [0.5, 0.6) is 0 Å². The second-order valence-corrected chi connectivity index (χ2v) is 5.10. The fourth-order valence-electron chi connectivity index (χ4n) is 1.57. The van der Waals surface area contributed by atoms with Gasteiger partial charge in [0.2, 0.25) is 0 Å². The highest BCUT2D eigenvalue weighted by molar-refractivity contribution is 7.16. The van der Waals surface area contributed by atoms with Crippen molar-refractivity contribution in [3.63, 3.8) is 0 Å². The standard InChI is InChI=1S/C11H12ClNOS/c1-7-5-8(6-14-7)11(13-2)9-3-4-10(12)15-9/h3-6,11,13H,1-2H3. The molecular formula is C11H12ClNOS. The molecule has 2 aromatic rings. The Morgan fingerprint density at radius 3 is 2.73 bits per heavy atom. The Labute approximate surface area is 97.9 Å². The van der Waals surface area contributed by atoms with Crippen LogP contribution in [0.4, 0.5) is 0 Å². The molecule has 2 rings (SSSR count). The van der Waals surface area contributed by atoms with Crippen molar-refractivity contribution in [1.82, 2.24) is 5.32 Å². The first-order chi connectivity index (χ1) is 7.20. The second-order valence-electron chi connectivity index (χ2n) is 3.35. The Hall–Kier alpha value is -0.770. The maximum atomic E-state index is 5.92. The van der Waals surface area contributed by atoms with E-state index in [0.717, 1.165) is 15.7 Å². The predicted octanol–water partition coefficient (Wildman–Crippen LogP) is 3.61. The highest BCUT2D eigenvalue weighted by Gasteiger charge is 2.15. The molecule has 15 heavy (non-hydrogen) atoms. The number of halogens is 1. The van der Waals surface area contributed by atoms with Crippen LogP contribution in [-0.4, -0.2) is 7.05 Å². The smallest absolute Gasteiger partial charge is 0.101 e. The molecule has 0 aliphatic carbocycles. The number of hydrogen-bond donors (Lipinski definition) is 1. The monoisotopic (exact) mass is 241 g/mol. The lowest BCUT2D eigenvalue weighted by atomic mass is 10.1. The first-order valence-corrected chi connectivity index (χ1v) is 5.87. The van der Waals surface area contributed by atoms with Crippen molar-refractivity contribution in [3.8, 4) is 0 Å². The summed E-state index contributed by atoms with van der Waals surface area (Å²) in [6.45, 7) is 1.94. The number of hydrogen-bond acceptors (Lipinski definition) is 3. The molecule has 0 aromatic carbocycles. The summed E-state index contributed by atoms with van der Waals surface area (Å²) in [5.41, 5.74) is 1.13. The minimum Gasteiger partial charge on any atom is -0.469 e. The summed E-state index contributed by atoms with van der Waals surface area (Å²) in [5, 5.41) is 3.25. The van der Waals surface area contributed by atoms with Crippen LogP contribution in [0.2, 0.25) is 4.34 Å². The summed E-state index contributed by atoms with van der Waals surface area (Å²) >= 11 is 7.51. The highest BCUT2D eigenvalue weighted by Crippen LogP contribution is 2.31. The van der Waals surface area contributed by atoms with Gasteiger partial charge in [-0.05, 0) is 32.2 Å². The summed E-state index contributed by atoms with van der Waals surface area (Å²) in [6.07, 6.45) is 1.78. The summed E-state index contributed by atoms with van der Waals surface area (Å²) in [6, 6.07) is 6.16. The molecule has 1 unspecified atom stereocenters. The van der Waals surface area contributed by atoms with E-state index in [2.05, 4.69) is 5.32 Å². The molecule has 2 heterocycles. The molecule has 0 aliphatic rings. The van der Waals surface area contributed by atoms with Crippen molar-refractivity contribution < 1.29 is 4.42 Å². The summed E-state index contributed by atoms with van der Waals surface area (Å²) in [5.74, 6) is 0.924. The number of furan rings is 1. The molecule has 2 aromatic heterocycles. The third-order valence-electron chi connectivity index (χ3n) is 2.25. The third-order valence-corrected chi connectivity index (χ3v) is 3.55. The van der Waals surface area contributed by atoms with Crippen molar-refractivity contribution >= 4 is 22.9 Å². The molecule has 1 atom stereocenters. The van der Waals surface area contributed by atoms with Gasteiger partial charge in [-0.1, -0.05) is 11.6 Å². The highest BCUT2D eigenvalue weighted by atomic mass is 35.5. The average Bonchev–Trinajstić information content (AvgIpc) is 2.78. The topological polar surface area (TPSA) is 25.2 Å². The molecule has 0 fully saturated rings. The fraction of sp³-hybridized carbons (Fsp3) is 0.273. The van der Waals surface area contributed by atoms with Crippen molar-refractivity contribution in [2.75, 3.05) is 7.05 Å². The van der Waals surface area contributed by atoms with Gasteiger partial charge in [0, 0.05) is 10.4 Å². The van der Waals surface area contributed by atoms with Crippen LogP contribution in [0.25, 0.3) is 0 Å². The van der Waals surface area contributed by atoms with Gasteiger partial charge in [-0.15, -0.1) is 11.3 Å². The number of aryl methyl sites for hydroxylation is 1. The van der Waals surface area contributed by atoms with Crippen molar-refractivity contribution in [1.29, 1.82) is 0 Å². The van der Waals surface area contributed by atoms with Gasteiger partial charge >= 0.3 is 0 Å². The van der Waals surface area contributed by atoms with Gasteiger partial charge in [-0.2, -0.15) is 0 Å². The minimum atomic E-state index is 0.167. The first kappa shape index (κ1) is 10.7. The van der Waals surface area contributed by atoms with E-state index in [1.165, 1.54) is 4.88 Å². The lowest BCUT2D eigenvalue weighted by Crippen LogP contribution is -2.15. The molecule has 0 radical (unpaired) electrons. The van der Waals surface area contributed by atoms with E-state index in [9.17, 15) is 0 Å². The Morgan fingerprint density at radius 2 is 2.27 bits per heavy atom. The number of thiophene rings is 1. The predicted molar refractivity (Wildman–Crippen MR) is 63.7 cm³/mol. The van der Waals surface area contributed by atoms with Crippen LogP contribution in [0.3, 0.4) is 0 Å². The molecule has 0 saturated heterocycles. The van der Waals surface area contributed by atoms with Gasteiger partial charge in [-0.3, -0.25) is 0 Å². The van der Waals surface area contributed by atoms with Gasteiger partial charge in [0.15, 0.2) is 0 Å². The largest absolute Gasteiger partial charge is 0.469 e. The molecule has 1 N–H and O–H groups in total. The maximum absolute atomic E-state index is 5.92. The van der Waals surface area contributed by atoms with Gasteiger partial charge in [0.25, 0.3) is 0 Å². The van der Waals surface area contributed by atoms with E-state index in [1.807, 2.05) is 32.2 Å². The fourth-order valence-corrected chi connectivity index (χ4v) is 2.77. The lowest BCUT2D eigenvalue weighted by Gasteiger charge is -2.11. The van der Waals surface area contributed by atoms with Crippen LogP contribution in [-0.2, 0) is 0 Å². The maximum Gasteiger partial charge on any atom is 0.101 e. The SMILES string of the molecule is CNC(c1coc(C)c1)c1ccc(Cl)s1. The first-order valence-electron chi connectivity index (χ1n) is 4.68. The van der Waals surface area contributed by atoms with Crippen LogP contribution in [0, 0.1) is 6.92 Å². The molecular weight excluding hydrogens is 230 g/mol. The van der Waals surface area contributed by atoms with E-state index in [1.54, 1.807) is 17.6 Å². The zero-order valence-corrected chi connectivity index (χ0v) is 10.2. The van der Waals surface area contributed by atoms with Gasteiger partial charge in [-0.25, -0.2) is 0 Å². The van der Waals surface area contributed by atoms with Crippen molar-refractivity contribution in [2.45, 2.75) is 13.0 Å². The molecule has 4 heteroatoms. The molecule has 0 saturated carbocycles. The van der Waals surface area contributed by atoms with Gasteiger partial charge in [0.05, 0.1) is 16.6 Å². The van der Waals surface area contributed by atoms with Crippen LogP contribution in [0.1, 0.15) is 22.2 Å². The van der Waals surface area contributed by atoms with Crippen molar-refractivity contribution in [2.24, 2.45) is 0 Å². The summed E-state index contributed by atoms with van der Waals surface area (Å²) < 4.78 is 6.12. The quantitative estimate of drug-likeness (QED) is 0.888. The van der Waals surface area contributed by atoms with E-state index in [4.69, 9.17) is 16.0 Å². The Kier molecular flexibility index (Phi) is 3.14. The zero-order valence-electron chi connectivity index (χ0n) is 8.58. The van der Waals surface area contributed by atoms with E-state index in [0.29, 0.717) is 0 Å². The van der Waals surface area contributed by atoms with Crippen molar-refractivity contribution in [3.05, 3.63) is 45.0 Å². The molecule has 0 bridgehead atoms. The van der Waals surface area contributed by atoms with Crippen LogP contribution < -0.4 is 5.32 Å². The number of rotatable bonds is 3. The van der Waals surface area contributed by atoms with Gasteiger partial charge < -0.3 is 9.73 Å². The lowest BCUT2D eigenvalue weighted by molar-refractivity contribution is 0.528. The zero-order chi connectivity index (χ0) is 10.8. The van der Waals surface area contributed by atoms with Crippen LogP contribution >= 0.6 is 22.9 Å². The summed E-state index contributed by atoms with van der Waals surface area (Å²) in [7, 11) is 1.93. The molecule has 80 valence electrons. The summed E-state index contributed by atoms with van der Waals surface area (Å²) in [4.78, 5) is 1.20. The van der Waals surface area contributed by atoms with Crippen LogP contribution in [0.15, 0.2) is 28.9 Å². The van der Waals surface area contributed by atoms with Gasteiger partial charge in [0.1, 0.15) is 5.76 Å². The average molecular weight is 242 g/mol. The number of nitrogens with one attached hydrogen (secondary N) is 1.